The molecule has 3 rings (SSSR count). The second-order valence-electron chi connectivity index (χ2n) is 8.40. The van der Waals surface area contributed by atoms with Gasteiger partial charge in [-0.3, -0.25) is 4.90 Å². The minimum atomic E-state index is -1.63. The van der Waals surface area contributed by atoms with Crippen LogP contribution in [0.15, 0.2) is 12.7 Å². The topological polar surface area (TPSA) is 38.8 Å². The van der Waals surface area contributed by atoms with Gasteiger partial charge in [-0.15, -0.1) is 24.7 Å². The van der Waals surface area contributed by atoms with E-state index in [1.54, 1.807) is 6.08 Å². The molecule has 1 aliphatic heterocycles. The molecular formula is C20H35NO3Si-. The van der Waals surface area contributed by atoms with Crippen LogP contribution in [0.3, 0.4) is 0 Å². The van der Waals surface area contributed by atoms with Crippen LogP contribution in [-0.4, -0.2) is 44.1 Å². The van der Waals surface area contributed by atoms with Crippen LogP contribution in [0.1, 0.15) is 59.3 Å². The number of rotatable bonds is 9. The van der Waals surface area contributed by atoms with Gasteiger partial charge in [0, 0.05) is 12.1 Å². The van der Waals surface area contributed by atoms with Gasteiger partial charge in [0.1, 0.15) is 0 Å². The first kappa shape index (κ1) is 19.0. The van der Waals surface area contributed by atoms with Crippen LogP contribution in [-0.2, 0) is 9.16 Å². The molecule has 0 aromatic heterocycles. The summed E-state index contributed by atoms with van der Waals surface area (Å²) in [6.07, 6.45) is 8.35. The smallest absolute Gasteiger partial charge is 0.410 e. The molecule has 25 heavy (non-hydrogen) atoms. The van der Waals surface area contributed by atoms with E-state index in [1.807, 2.05) is 0 Å². The lowest BCUT2D eigenvalue weighted by Gasteiger charge is -2.44. The van der Waals surface area contributed by atoms with E-state index in [0.29, 0.717) is 12.0 Å². The molecule has 0 N–H and O–H groups in total. The van der Waals surface area contributed by atoms with Gasteiger partial charge in [0.2, 0.25) is 0 Å². The molecule has 4 nitrogen and oxygen atoms in total. The average molecular weight is 366 g/mol. The minimum absolute atomic E-state index is 0.0879. The van der Waals surface area contributed by atoms with Gasteiger partial charge in [0.05, 0.1) is 12.6 Å². The molecule has 143 valence electrons. The molecule has 2 saturated carbocycles. The van der Waals surface area contributed by atoms with Gasteiger partial charge in [-0.25, -0.2) is 4.79 Å². The van der Waals surface area contributed by atoms with E-state index < -0.39 is 8.32 Å². The summed E-state index contributed by atoms with van der Waals surface area (Å²) in [5, 5.41) is 0. The Morgan fingerprint density at radius 2 is 1.84 bits per heavy atom. The van der Waals surface area contributed by atoms with E-state index in [0.717, 1.165) is 44.0 Å². The number of likely N-dealkylation sites (tertiary alicyclic amines) is 1. The molecule has 1 heterocycles. The Bertz CT molecular complexity index is 501. The fraction of sp³-hybridized carbons (Fsp3) is 0.850. The molecule has 3 aliphatic rings. The standard InChI is InChI=1S/C20H35NO3Si/c1-5-9-14-23-18(22)21-17(15-24-25(6-2,7-3)8-4)19(10-11-19)16-20(21)12-13-20/h5,17H,1,6-16H2,2-4H3/q-1/t17-/m0/s1. The van der Waals surface area contributed by atoms with Gasteiger partial charge < -0.3 is 9.16 Å². The van der Waals surface area contributed by atoms with Gasteiger partial charge >= 0.3 is 6.09 Å². The third-order valence-electron chi connectivity index (χ3n) is 7.15. The highest BCUT2D eigenvalue weighted by Gasteiger charge is 2.70. The fourth-order valence-electron chi connectivity index (χ4n) is 4.88. The zero-order valence-corrected chi connectivity index (χ0v) is 17.3. The van der Waals surface area contributed by atoms with E-state index in [-0.39, 0.29) is 17.7 Å². The second-order valence-corrected chi connectivity index (χ2v) is 13.2. The van der Waals surface area contributed by atoms with E-state index in [9.17, 15) is 4.79 Å². The van der Waals surface area contributed by atoms with Gasteiger partial charge in [-0.05, 0) is 52.3 Å². The molecule has 1 atom stereocenters. The summed E-state index contributed by atoms with van der Waals surface area (Å²) in [4.78, 5) is 15.0. The molecule has 1 amide bonds. The maximum absolute atomic E-state index is 12.9. The predicted molar refractivity (Wildman–Crippen MR) is 103 cm³/mol. The Balaban J connectivity index is 1.72. The maximum Gasteiger partial charge on any atom is 0.410 e. The minimum Gasteiger partial charge on any atom is -0.563 e. The average Bonchev–Trinajstić information content (AvgIpc) is 3.52. The number of ether oxygens (including phenoxy) is 1. The second kappa shape index (κ2) is 7.07. The van der Waals surface area contributed by atoms with Crippen molar-refractivity contribution < 1.29 is 14.0 Å². The van der Waals surface area contributed by atoms with Crippen molar-refractivity contribution in [3.8, 4) is 0 Å². The molecular weight excluding hydrogens is 330 g/mol. The first-order chi connectivity index (χ1) is 12.0. The zero-order chi connectivity index (χ0) is 18.1. The van der Waals surface area contributed by atoms with Gasteiger partial charge in [-0.1, -0.05) is 26.8 Å². The number of carbonyl (C=O) groups excluding carboxylic acids is 1. The largest absolute Gasteiger partial charge is 0.563 e. The summed E-state index contributed by atoms with van der Waals surface area (Å²) >= 11 is 0. The zero-order valence-electron chi connectivity index (χ0n) is 16.3. The highest BCUT2D eigenvalue weighted by Crippen LogP contribution is 2.68. The highest BCUT2D eigenvalue weighted by atomic mass is 28.4. The van der Waals surface area contributed by atoms with Crippen molar-refractivity contribution in [3.05, 3.63) is 12.7 Å². The number of nitrogens with zero attached hydrogens (tertiary/aromatic N) is 1. The SMILES string of the molecule is C=CCCOC(=O)N1[C@@H](CO[Si-](CC)(CC)CC)C2(CC2)CC12CC2. The van der Waals surface area contributed by atoms with Crippen LogP contribution in [0.2, 0.25) is 18.1 Å². The molecule has 3 fully saturated rings. The number of amides is 1. The Morgan fingerprint density at radius 3 is 2.32 bits per heavy atom. The van der Waals surface area contributed by atoms with Crippen LogP contribution in [0.25, 0.3) is 0 Å². The fourth-order valence-corrected chi connectivity index (χ4v) is 7.50. The van der Waals surface area contributed by atoms with E-state index >= 15 is 0 Å². The molecule has 0 bridgehead atoms. The Hall–Kier alpha value is -0.813. The maximum atomic E-state index is 12.9. The third-order valence-corrected chi connectivity index (χ3v) is 11.8. The summed E-state index contributed by atoms with van der Waals surface area (Å²) < 4.78 is 12.2. The molecule has 2 spiro atoms. The van der Waals surface area contributed by atoms with Crippen molar-refractivity contribution in [2.24, 2.45) is 5.41 Å². The molecule has 5 heteroatoms. The quantitative estimate of drug-likeness (QED) is 0.324. The monoisotopic (exact) mass is 365 g/mol. The van der Waals surface area contributed by atoms with Gasteiger partial charge in [0.25, 0.3) is 0 Å². The molecule has 0 unspecified atom stereocenters. The highest BCUT2D eigenvalue weighted by molar-refractivity contribution is 6.73. The van der Waals surface area contributed by atoms with Crippen LogP contribution >= 0.6 is 0 Å². The van der Waals surface area contributed by atoms with Crippen LogP contribution in [0.4, 0.5) is 4.79 Å². The van der Waals surface area contributed by atoms with Crippen molar-refractivity contribution in [2.45, 2.75) is 89.0 Å². The molecule has 1 saturated heterocycles. The number of hydrogen-bond acceptors (Lipinski definition) is 3. The first-order valence-corrected chi connectivity index (χ1v) is 12.7. The van der Waals surface area contributed by atoms with Gasteiger partial charge in [-0.2, -0.15) is 0 Å². The van der Waals surface area contributed by atoms with Crippen LogP contribution in [0.5, 0.6) is 0 Å². The predicted octanol–water partition coefficient (Wildman–Crippen LogP) is 5.11. The summed E-state index contributed by atoms with van der Waals surface area (Å²) in [6.45, 7) is 11.7. The Labute approximate surface area is 154 Å². The van der Waals surface area contributed by atoms with Crippen molar-refractivity contribution >= 4 is 14.4 Å². The first-order valence-electron chi connectivity index (χ1n) is 10.2. The van der Waals surface area contributed by atoms with E-state index in [4.69, 9.17) is 9.16 Å². The summed E-state index contributed by atoms with van der Waals surface area (Å²) in [7, 11) is -1.63. The Kier molecular flexibility index (Phi) is 5.36. The summed E-state index contributed by atoms with van der Waals surface area (Å²) in [5.74, 6) is 0. The van der Waals surface area contributed by atoms with Gasteiger partial charge in [0.15, 0.2) is 0 Å². The van der Waals surface area contributed by atoms with E-state index in [2.05, 4.69) is 32.3 Å². The molecule has 0 aromatic rings. The van der Waals surface area contributed by atoms with Crippen molar-refractivity contribution in [1.82, 2.24) is 4.90 Å². The summed E-state index contributed by atoms with van der Waals surface area (Å²) in [6, 6.07) is 3.71. The third kappa shape index (κ3) is 3.42. The van der Waals surface area contributed by atoms with Crippen LogP contribution < -0.4 is 0 Å². The van der Waals surface area contributed by atoms with Crippen molar-refractivity contribution in [2.75, 3.05) is 13.2 Å². The summed E-state index contributed by atoms with van der Waals surface area (Å²) in [5.41, 5.74) is 0.411. The lowest BCUT2D eigenvalue weighted by atomic mass is 9.95. The lowest BCUT2D eigenvalue weighted by Crippen LogP contribution is -2.49. The molecule has 0 radical (unpaired) electrons. The number of hydrogen-bond donors (Lipinski definition) is 0. The molecule has 2 aliphatic carbocycles. The number of carbonyl (C=O) groups is 1. The van der Waals surface area contributed by atoms with Crippen LogP contribution in [0, 0.1) is 5.41 Å². The lowest BCUT2D eigenvalue weighted by molar-refractivity contribution is 0.0606. The van der Waals surface area contributed by atoms with E-state index in [1.165, 1.54) is 19.3 Å². The Morgan fingerprint density at radius 1 is 1.20 bits per heavy atom. The molecule has 0 aromatic carbocycles. The van der Waals surface area contributed by atoms with Crippen molar-refractivity contribution in [1.29, 1.82) is 0 Å². The normalized spacial score (nSPS) is 25.4. The van der Waals surface area contributed by atoms with Crippen molar-refractivity contribution in [3.63, 3.8) is 0 Å².